The van der Waals surface area contributed by atoms with Crippen molar-refractivity contribution in [1.29, 1.82) is 0 Å². The fourth-order valence-corrected chi connectivity index (χ4v) is 2.96. The third-order valence-corrected chi connectivity index (χ3v) is 4.18. The maximum Gasteiger partial charge on any atom is 0.251 e. The van der Waals surface area contributed by atoms with Gasteiger partial charge in [-0.2, -0.15) is 0 Å². The minimum atomic E-state index is -0.0762. The number of carbonyl (C=O) groups is 1. The van der Waals surface area contributed by atoms with E-state index in [0.29, 0.717) is 12.1 Å². The molecule has 124 valence electrons. The Morgan fingerprint density at radius 1 is 1.16 bits per heavy atom. The summed E-state index contributed by atoms with van der Waals surface area (Å²) in [5.74, 6) is -0.0762. The number of hydrogen-bond acceptors (Lipinski definition) is 2. The molecule has 0 atom stereocenters. The molecule has 25 heavy (non-hydrogen) atoms. The Balaban J connectivity index is 1.75. The van der Waals surface area contributed by atoms with Crippen molar-refractivity contribution in [2.24, 2.45) is 0 Å². The molecule has 0 saturated heterocycles. The van der Waals surface area contributed by atoms with Crippen LogP contribution >= 0.6 is 0 Å². The number of aromatic amines is 1. The number of nitrogens with zero attached hydrogens (tertiary/aromatic N) is 2. The average molecular weight is 330 g/mol. The summed E-state index contributed by atoms with van der Waals surface area (Å²) >= 11 is 0. The Labute approximate surface area is 145 Å². The summed E-state index contributed by atoms with van der Waals surface area (Å²) < 4.78 is 2.03. The van der Waals surface area contributed by atoms with Gasteiger partial charge in [-0.3, -0.25) is 9.36 Å². The van der Waals surface area contributed by atoms with Crippen LogP contribution in [0.1, 0.15) is 17.3 Å². The molecule has 0 fully saturated rings. The molecular weight excluding hydrogens is 312 g/mol. The number of imidazole rings is 1. The molecule has 2 heterocycles. The molecule has 1 amide bonds. The van der Waals surface area contributed by atoms with Crippen molar-refractivity contribution in [3.63, 3.8) is 0 Å². The Hall–Kier alpha value is -3.34. The van der Waals surface area contributed by atoms with E-state index in [0.717, 1.165) is 28.0 Å². The second-order valence-electron chi connectivity index (χ2n) is 5.81. The van der Waals surface area contributed by atoms with Crippen LogP contribution in [-0.4, -0.2) is 27.0 Å². The van der Waals surface area contributed by atoms with Gasteiger partial charge in [0.25, 0.3) is 5.91 Å². The van der Waals surface area contributed by atoms with Gasteiger partial charge in [-0.05, 0) is 55.0 Å². The highest BCUT2D eigenvalue weighted by atomic mass is 16.1. The Morgan fingerprint density at radius 3 is 2.88 bits per heavy atom. The van der Waals surface area contributed by atoms with Gasteiger partial charge in [0.1, 0.15) is 6.33 Å². The molecule has 0 unspecified atom stereocenters. The number of carbonyl (C=O) groups excluding carboxylic acids is 1. The molecule has 5 heteroatoms. The third-order valence-electron chi connectivity index (χ3n) is 4.18. The zero-order valence-corrected chi connectivity index (χ0v) is 13.9. The van der Waals surface area contributed by atoms with Gasteiger partial charge >= 0.3 is 0 Å². The number of nitrogens with one attached hydrogen (secondary N) is 2. The van der Waals surface area contributed by atoms with E-state index in [2.05, 4.69) is 27.4 Å². The van der Waals surface area contributed by atoms with Crippen LogP contribution in [0.5, 0.6) is 0 Å². The molecule has 2 aromatic carbocycles. The summed E-state index contributed by atoms with van der Waals surface area (Å²) in [5, 5.41) is 2.81. The van der Waals surface area contributed by atoms with Gasteiger partial charge in [0.2, 0.25) is 0 Å². The zero-order valence-electron chi connectivity index (χ0n) is 13.9. The van der Waals surface area contributed by atoms with Crippen molar-refractivity contribution in [1.82, 2.24) is 19.9 Å². The normalized spacial score (nSPS) is 10.9. The summed E-state index contributed by atoms with van der Waals surface area (Å²) in [4.78, 5) is 19.7. The van der Waals surface area contributed by atoms with E-state index in [9.17, 15) is 4.79 Å². The number of rotatable bonds is 4. The second kappa shape index (κ2) is 6.28. The first-order chi connectivity index (χ1) is 12.3. The van der Waals surface area contributed by atoms with E-state index in [4.69, 9.17) is 0 Å². The Bertz CT molecular complexity index is 1030. The zero-order chi connectivity index (χ0) is 17.2. The number of amides is 1. The molecule has 0 aliphatic carbocycles. The van der Waals surface area contributed by atoms with Crippen LogP contribution in [0.4, 0.5) is 0 Å². The molecule has 0 spiro atoms. The lowest BCUT2D eigenvalue weighted by Gasteiger charge is -2.07. The summed E-state index contributed by atoms with van der Waals surface area (Å²) in [6.07, 6.45) is 3.71. The first-order valence-electron chi connectivity index (χ1n) is 8.26. The van der Waals surface area contributed by atoms with Crippen molar-refractivity contribution >= 4 is 16.9 Å². The van der Waals surface area contributed by atoms with Crippen molar-refractivity contribution in [2.45, 2.75) is 6.92 Å². The predicted octanol–water partition coefficient (Wildman–Crippen LogP) is 3.77. The van der Waals surface area contributed by atoms with Crippen LogP contribution in [0, 0.1) is 0 Å². The molecule has 4 rings (SSSR count). The molecule has 2 aromatic heterocycles. The van der Waals surface area contributed by atoms with Crippen LogP contribution in [0.3, 0.4) is 0 Å². The van der Waals surface area contributed by atoms with Gasteiger partial charge in [-0.25, -0.2) is 4.98 Å². The van der Waals surface area contributed by atoms with Crippen LogP contribution in [0.25, 0.3) is 28.0 Å². The number of fused-ring (bicyclic) bond motifs is 1. The number of benzene rings is 2. The van der Waals surface area contributed by atoms with Crippen molar-refractivity contribution in [3.8, 4) is 16.9 Å². The van der Waals surface area contributed by atoms with Gasteiger partial charge in [-0.1, -0.05) is 12.1 Å². The Kier molecular flexibility index (Phi) is 3.82. The standard InChI is InChI=1S/C20H18N4O/c1-2-21-20(25)15-8-9-19-18(12-15)23-13-24(19)16-6-3-5-14(11-16)17-7-4-10-22-17/h3-13,22H,2H2,1H3,(H,21,25). The third kappa shape index (κ3) is 2.80. The van der Waals surface area contributed by atoms with Gasteiger partial charge in [0.15, 0.2) is 0 Å². The van der Waals surface area contributed by atoms with E-state index in [1.54, 1.807) is 6.33 Å². The maximum absolute atomic E-state index is 12.0. The molecule has 0 aliphatic heterocycles. The molecule has 5 nitrogen and oxygen atoms in total. The number of hydrogen-bond donors (Lipinski definition) is 2. The second-order valence-corrected chi connectivity index (χ2v) is 5.81. The first kappa shape index (κ1) is 15.2. The van der Waals surface area contributed by atoms with Gasteiger partial charge < -0.3 is 10.3 Å². The quantitative estimate of drug-likeness (QED) is 0.598. The van der Waals surface area contributed by atoms with E-state index in [1.807, 2.05) is 60.2 Å². The topological polar surface area (TPSA) is 62.7 Å². The fraction of sp³-hybridized carbons (Fsp3) is 0.100. The summed E-state index contributed by atoms with van der Waals surface area (Å²) in [7, 11) is 0. The minimum absolute atomic E-state index is 0.0762. The van der Waals surface area contributed by atoms with Gasteiger partial charge in [0.05, 0.1) is 11.0 Å². The molecule has 2 N–H and O–H groups in total. The Morgan fingerprint density at radius 2 is 2.08 bits per heavy atom. The van der Waals surface area contributed by atoms with E-state index >= 15 is 0 Å². The lowest BCUT2D eigenvalue weighted by Crippen LogP contribution is -2.22. The molecule has 0 saturated carbocycles. The van der Waals surface area contributed by atoms with Crippen LogP contribution in [0.2, 0.25) is 0 Å². The van der Waals surface area contributed by atoms with E-state index < -0.39 is 0 Å². The smallest absolute Gasteiger partial charge is 0.251 e. The molecule has 0 aliphatic rings. The maximum atomic E-state index is 12.0. The minimum Gasteiger partial charge on any atom is -0.361 e. The monoisotopic (exact) mass is 330 g/mol. The van der Waals surface area contributed by atoms with E-state index in [1.165, 1.54) is 0 Å². The predicted molar refractivity (Wildman–Crippen MR) is 98.9 cm³/mol. The van der Waals surface area contributed by atoms with Crippen LogP contribution in [-0.2, 0) is 0 Å². The summed E-state index contributed by atoms with van der Waals surface area (Å²) in [5.41, 5.74) is 5.61. The highest BCUT2D eigenvalue weighted by Crippen LogP contribution is 2.24. The first-order valence-corrected chi connectivity index (χ1v) is 8.26. The molecule has 4 aromatic rings. The van der Waals surface area contributed by atoms with Crippen molar-refractivity contribution in [2.75, 3.05) is 6.54 Å². The lowest BCUT2D eigenvalue weighted by atomic mass is 10.1. The van der Waals surface area contributed by atoms with Crippen molar-refractivity contribution in [3.05, 3.63) is 72.7 Å². The largest absolute Gasteiger partial charge is 0.361 e. The lowest BCUT2D eigenvalue weighted by molar-refractivity contribution is 0.0956. The van der Waals surface area contributed by atoms with E-state index in [-0.39, 0.29) is 5.91 Å². The highest BCUT2D eigenvalue weighted by Gasteiger charge is 2.10. The SMILES string of the molecule is CCNC(=O)c1ccc2c(c1)ncn2-c1cccc(-c2ccc[nH]2)c1. The van der Waals surface area contributed by atoms with Crippen molar-refractivity contribution < 1.29 is 4.79 Å². The fourth-order valence-electron chi connectivity index (χ4n) is 2.96. The summed E-state index contributed by atoms with van der Waals surface area (Å²) in [6, 6.07) is 17.9. The van der Waals surface area contributed by atoms with Crippen LogP contribution in [0.15, 0.2) is 67.1 Å². The molecule has 0 bridgehead atoms. The average Bonchev–Trinajstić information content (AvgIpc) is 3.31. The molecule has 0 radical (unpaired) electrons. The number of aromatic nitrogens is 3. The van der Waals surface area contributed by atoms with Gasteiger partial charge in [0, 0.05) is 29.7 Å². The number of H-pyrrole nitrogens is 1. The summed E-state index contributed by atoms with van der Waals surface area (Å²) in [6.45, 7) is 2.51. The van der Waals surface area contributed by atoms with Crippen LogP contribution < -0.4 is 5.32 Å². The molecular formula is C20H18N4O. The van der Waals surface area contributed by atoms with Gasteiger partial charge in [-0.15, -0.1) is 0 Å². The highest BCUT2D eigenvalue weighted by molar-refractivity contribution is 5.97.